The third kappa shape index (κ3) is 3.56. The summed E-state index contributed by atoms with van der Waals surface area (Å²) < 4.78 is 0. The van der Waals surface area contributed by atoms with Crippen molar-refractivity contribution in [2.75, 3.05) is 0 Å². The molecule has 8 atom stereocenters. The molecule has 0 aliphatic heterocycles. The van der Waals surface area contributed by atoms with Gasteiger partial charge in [0.1, 0.15) is 5.78 Å². The predicted molar refractivity (Wildman–Crippen MR) is 119 cm³/mol. The Kier molecular flexibility index (Phi) is 5.82. The Morgan fingerprint density at radius 1 is 1.10 bits per heavy atom. The van der Waals surface area contributed by atoms with Crippen molar-refractivity contribution in [3.8, 4) is 0 Å². The third-order valence-corrected chi connectivity index (χ3v) is 10.3. The van der Waals surface area contributed by atoms with E-state index in [1.54, 1.807) is 5.57 Å². The van der Waals surface area contributed by atoms with Gasteiger partial charge in [0.15, 0.2) is 0 Å². The van der Waals surface area contributed by atoms with Gasteiger partial charge >= 0.3 is 0 Å². The van der Waals surface area contributed by atoms with Crippen LogP contribution < -0.4 is 0 Å². The first-order chi connectivity index (χ1) is 13.7. The zero-order chi connectivity index (χ0) is 21.0. The van der Waals surface area contributed by atoms with Crippen LogP contribution in [-0.4, -0.2) is 17.0 Å². The maximum Gasteiger partial charge on any atom is 0.135 e. The predicted octanol–water partition coefficient (Wildman–Crippen LogP) is 6.57. The van der Waals surface area contributed by atoms with Crippen LogP contribution in [0.4, 0.5) is 0 Å². The molecule has 0 aromatic carbocycles. The van der Waals surface area contributed by atoms with Crippen molar-refractivity contribution in [3.05, 3.63) is 11.6 Å². The van der Waals surface area contributed by atoms with Gasteiger partial charge in [-0.1, -0.05) is 46.3 Å². The van der Waals surface area contributed by atoms with Gasteiger partial charge in [0.2, 0.25) is 0 Å². The minimum Gasteiger partial charge on any atom is -0.393 e. The summed E-state index contributed by atoms with van der Waals surface area (Å²) in [6.45, 7) is 11.6. The SMILES string of the molecule is CC(C)C(=O)CC[C@@H](C)[C@H]1CCC2C3CC=C4C[C@@H](O)CC[C@]4(C)C3CC[C@@]21C. The van der Waals surface area contributed by atoms with E-state index in [0.717, 1.165) is 49.4 Å². The summed E-state index contributed by atoms with van der Waals surface area (Å²) in [7, 11) is 0. The number of hydrogen-bond donors (Lipinski definition) is 1. The molecule has 0 radical (unpaired) electrons. The fraction of sp³-hybridized carbons (Fsp3) is 0.889. The molecular weight excluding hydrogens is 356 g/mol. The molecule has 0 aromatic rings. The molecule has 2 nitrogen and oxygen atoms in total. The third-order valence-electron chi connectivity index (χ3n) is 10.3. The van der Waals surface area contributed by atoms with E-state index in [9.17, 15) is 9.90 Å². The molecule has 0 saturated heterocycles. The fourth-order valence-corrected chi connectivity index (χ4v) is 8.48. The highest BCUT2D eigenvalue weighted by molar-refractivity contribution is 5.80. The minimum absolute atomic E-state index is 0.106. The Morgan fingerprint density at radius 2 is 1.86 bits per heavy atom. The van der Waals surface area contributed by atoms with Crippen LogP contribution in [0.3, 0.4) is 0 Å². The van der Waals surface area contributed by atoms with Gasteiger partial charge in [-0.25, -0.2) is 0 Å². The molecule has 2 heteroatoms. The normalized spacial score (nSPS) is 45.2. The van der Waals surface area contributed by atoms with E-state index in [1.165, 1.54) is 38.5 Å². The van der Waals surface area contributed by atoms with Crippen molar-refractivity contribution in [1.82, 2.24) is 0 Å². The van der Waals surface area contributed by atoms with E-state index in [1.807, 2.05) is 13.8 Å². The van der Waals surface area contributed by atoms with Crippen LogP contribution in [0.1, 0.15) is 98.8 Å². The molecule has 3 fully saturated rings. The van der Waals surface area contributed by atoms with Gasteiger partial charge < -0.3 is 5.11 Å². The van der Waals surface area contributed by atoms with Crippen molar-refractivity contribution >= 4 is 5.78 Å². The van der Waals surface area contributed by atoms with Crippen molar-refractivity contribution in [2.45, 2.75) is 105 Å². The second-order valence-electron chi connectivity index (χ2n) is 12.0. The molecule has 164 valence electrons. The number of Topliss-reactive ketones (excluding diaryl/α,β-unsaturated/α-hetero) is 1. The maximum absolute atomic E-state index is 12.2. The Balaban J connectivity index is 1.49. The Labute approximate surface area is 178 Å². The quantitative estimate of drug-likeness (QED) is 0.530. The molecule has 0 amide bonds. The van der Waals surface area contributed by atoms with Crippen molar-refractivity contribution in [3.63, 3.8) is 0 Å². The Hall–Kier alpha value is -0.630. The maximum atomic E-state index is 12.2. The van der Waals surface area contributed by atoms with Crippen molar-refractivity contribution in [2.24, 2.45) is 46.3 Å². The van der Waals surface area contributed by atoms with Crippen LogP contribution in [0.25, 0.3) is 0 Å². The van der Waals surface area contributed by atoms with Crippen LogP contribution in [0.2, 0.25) is 0 Å². The molecule has 0 spiro atoms. The van der Waals surface area contributed by atoms with Gasteiger partial charge in [0.25, 0.3) is 0 Å². The van der Waals surface area contributed by atoms with E-state index in [4.69, 9.17) is 0 Å². The number of ketones is 1. The minimum atomic E-state index is -0.106. The number of rotatable bonds is 5. The van der Waals surface area contributed by atoms with E-state index < -0.39 is 0 Å². The first kappa shape index (κ1) is 21.6. The van der Waals surface area contributed by atoms with E-state index in [0.29, 0.717) is 22.5 Å². The van der Waals surface area contributed by atoms with Crippen LogP contribution in [0.5, 0.6) is 0 Å². The van der Waals surface area contributed by atoms with Crippen LogP contribution >= 0.6 is 0 Å². The van der Waals surface area contributed by atoms with E-state index in [-0.39, 0.29) is 12.0 Å². The molecule has 0 heterocycles. The van der Waals surface area contributed by atoms with E-state index in [2.05, 4.69) is 26.8 Å². The monoisotopic (exact) mass is 400 g/mol. The lowest BCUT2D eigenvalue weighted by molar-refractivity contribution is -0.122. The summed E-state index contributed by atoms with van der Waals surface area (Å²) in [4.78, 5) is 12.2. The topological polar surface area (TPSA) is 37.3 Å². The van der Waals surface area contributed by atoms with Gasteiger partial charge in [-0.3, -0.25) is 4.79 Å². The highest BCUT2D eigenvalue weighted by Crippen LogP contribution is 2.67. The Bertz CT molecular complexity index is 663. The zero-order valence-corrected chi connectivity index (χ0v) is 19.5. The second kappa shape index (κ2) is 7.81. The number of hydrogen-bond acceptors (Lipinski definition) is 2. The number of aliphatic hydroxyl groups is 1. The van der Waals surface area contributed by atoms with Gasteiger partial charge in [0, 0.05) is 12.3 Å². The molecule has 0 aromatic heterocycles. The standard InChI is InChI=1S/C27H44O2/c1-17(2)25(29)11-6-18(3)22-9-10-23-21-8-7-19-16-20(28)12-14-26(19,4)24(21)13-15-27(22,23)5/h7,17-18,20-24,28H,6,8-16H2,1-5H3/t18-,20+,21?,22-,23?,24?,26+,27-/m1/s1. The number of fused-ring (bicyclic) bond motifs is 5. The van der Waals surface area contributed by atoms with Crippen LogP contribution in [0, 0.1) is 46.3 Å². The fourth-order valence-electron chi connectivity index (χ4n) is 8.48. The average Bonchev–Trinajstić information content (AvgIpc) is 3.03. The van der Waals surface area contributed by atoms with Crippen molar-refractivity contribution < 1.29 is 9.90 Å². The van der Waals surface area contributed by atoms with Crippen molar-refractivity contribution in [1.29, 1.82) is 0 Å². The lowest BCUT2D eigenvalue weighted by Gasteiger charge is -2.58. The molecule has 4 aliphatic rings. The second-order valence-corrected chi connectivity index (χ2v) is 12.0. The first-order valence-corrected chi connectivity index (χ1v) is 12.6. The van der Waals surface area contributed by atoms with Gasteiger partial charge in [-0.2, -0.15) is 0 Å². The number of aliphatic hydroxyl groups excluding tert-OH is 1. The van der Waals surface area contributed by atoms with Gasteiger partial charge in [-0.15, -0.1) is 0 Å². The van der Waals surface area contributed by atoms with Gasteiger partial charge in [-0.05, 0) is 98.2 Å². The largest absolute Gasteiger partial charge is 0.393 e. The average molecular weight is 401 g/mol. The summed E-state index contributed by atoms with van der Waals surface area (Å²) in [6.07, 6.45) is 14.1. The summed E-state index contributed by atoms with van der Waals surface area (Å²) in [5, 5.41) is 10.2. The van der Waals surface area contributed by atoms with E-state index >= 15 is 0 Å². The molecule has 4 aliphatic carbocycles. The first-order valence-electron chi connectivity index (χ1n) is 12.6. The lowest BCUT2D eigenvalue weighted by atomic mass is 9.47. The number of carbonyl (C=O) groups excluding carboxylic acids is 1. The molecular formula is C27H44O2. The smallest absolute Gasteiger partial charge is 0.135 e. The summed E-state index contributed by atoms with van der Waals surface area (Å²) in [5.74, 6) is 4.60. The number of allylic oxidation sites excluding steroid dienone is 1. The molecule has 29 heavy (non-hydrogen) atoms. The number of carbonyl (C=O) groups is 1. The van der Waals surface area contributed by atoms with Crippen LogP contribution in [0.15, 0.2) is 11.6 Å². The molecule has 3 unspecified atom stereocenters. The Morgan fingerprint density at radius 3 is 2.59 bits per heavy atom. The summed E-state index contributed by atoms with van der Waals surface area (Å²) >= 11 is 0. The molecule has 4 rings (SSSR count). The lowest BCUT2D eigenvalue weighted by Crippen LogP contribution is -2.50. The van der Waals surface area contributed by atoms with Crippen LogP contribution in [-0.2, 0) is 4.79 Å². The summed E-state index contributed by atoms with van der Waals surface area (Å²) in [6, 6.07) is 0. The highest BCUT2D eigenvalue weighted by Gasteiger charge is 2.59. The highest BCUT2D eigenvalue weighted by atomic mass is 16.3. The van der Waals surface area contributed by atoms with Gasteiger partial charge in [0.05, 0.1) is 6.10 Å². The summed E-state index contributed by atoms with van der Waals surface area (Å²) in [5.41, 5.74) is 2.39. The zero-order valence-electron chi connectivity index (χ0n) is 19.5. The molecule has 0 bridgehead atoms. The molecule has 3 saturated carbocycles. The molecule has 1 N–H and O–H groups in total.